The van der Waals surface area contributed by atoms with E-state index in [4.69, 9.17) is 20.8 Å². The summed E-state index contributed by atoms with van der Waals surface area (Å²) in [5.41, 5.74) is -0.0261. The molecule has 0 aliphatic carbocycles. The fourth-order valence-electron chi connectivity index (χ4n) is 2.78. The maximum absolute atomic E-state index is 14.2. The summed E-state index contributed by atoms with van der Waals surface area (Å²) in [4.78, 5) is 13.4. The third-order valence-electron chi connectivity index (χ3n) is 3.83. The molecular formula is C16H15ClFNO4. The van der Waals surface area contributed by atoms with E-state index in [1.807, 2.05) is 0 Å². The summed E-state index contributed by atoms with van der Waals surface area (Å²) in [5.74, 6) is -1.18. The summed E-state index contributed by atoms with van der Waals surface area (Å²) in [6, 6.07) is 6.47. The van der Waals surface area contributed by atoms with Gasteiger partial charge in [-0.05, 0) is 24.3 Å². The average molecular weight is 340 g/mol. The van der Waals surface area contributed by atoms with Crippen LogP contribution in [-0.2, 0) is 9.53 Å². The van der Waals surface area contributed by atoms with Crippen molar-refractivity contribution in [3.8, 4) is 0 Å². The zero-order valence-corrected chi connectivity index (χ0v) is 12.9. The number of carboxylic acids is 1. The Bertz CT molecular complexity index is 671. The SMILES string of the molecule is O=C(O)C(c1c(F)cccc1Cl)N1CCOC(c2ccco2)C1. The summed E-state index contributed by atoms with van der Waals surface area (Å²) >= 11 is 6.04. The molecule has 1 N–H and O–H groups in total. The van der Waals surface area contributed by atoms with E-state index in [2.05, 4.69) is 0 Å². The van der Waals surface area contributed by atoms with Crippen molar-refractivity contribution >= 4 is 17.6 Å². The van der Waals surface area contributed by atoms with Gasteiger partial charge in [0.1, 0.15) is 23.7 Å². The van der Waals surface area contributed by atoms with Gasteiger partial charge in [0.25, 0.3) is 0 Å². The molecule has 122 valence electrons. The van der Waals surface area contributed by atoms with Crippen molar-refractivity contribution in [1.82, 2.24) is 4.90 Å². The summed E-state index contributed by atoms with van der Waals surface area (Å²) in [6.07, 6.45) is 1.13. The molecule has 0 radical (unpaired) electrons. The van der Waals surface area contributed by atoms with Gasteiger partial charge in [-0.15, -0.1) is 0 Å². The second-order valence-corrected chi connectivity index (χ2v) is 5.65. The molecule has 0 bridgehead atoms. The topological polar surface area (TPSA) is 62.9 Å². The van der Waals surface area contributed by atoms with Crippen molar-refractivity contribution in [2.24, 2.45) is 0 Å². The lowest BCUT2D eigenvalue weighted by Crippen LogP contribution is -2.43. The number of ether oxygens (including phenoxy) is 1. The molecule has 2 heterocycles. The van der Waals surface area contributed by atoms with Crippen LogP contribution in [0, 0.1) is 5.82 Å². The highest BCUT2D eigenvalue weighted by Crippen LogP contribution is 2.34. The van der Waals surface area contributed by atoms with E-state index in [1.165, 1.54) is 24.5 Å². The largest absolute Gasteiger partial charge is 0.480 e. The van der Waals surface area contributed by atoms with E-state index in [0.717, 1.165) is 0 Å². The zero-order valence-electron chi connectivity index (χ0n) is 12.1. The van der Waals surface area contributed by atoms with Gasteiger partial charge in [-0.1, -0.05) is 17.7 Å². The molecule has 5 nitrogen and oxygen atoms in total. The first-order valence-electron chi connectivity index (χ1n) is 7.13. The van der Waals surface area contributed by atoms with Crippen LogP contribution >= 0.6 is 11.6 Å². The second kappa shape index (κ2) is 6.70. The molecule has 2 unspecified atom stereocenters. The normalized spacial score (nSPS) is 20.3. The summed E-state index contributed by atoms with van der Waals surface area (Å²) in [7, 11) is 0. The quantitative estimate of drug-likeness (QED) is 0.926. The van der Waals surface area contributed by atoms with Crippen LogP contribution in [0.4, 0.5) is 4.39 Å². The number of carboxylic acid groups (broad SMARTS) is 1. The lowest BCUT2D eigenvalue weighted by atomic mass is 10.0. The molecule has 1 aromatic heterocycles. The first-order valence-corrected chi connectivity index (χ1v) is 7.51. The minimum Gasteiger partial charge on any atom is -0.480 e. The predicted molar refractivity (Wildman–Crippen MR) is 80.8 cm³/mol. The van der Waals surface area contributed by atoms with Gasteiger partial charge in [0, 0.05) is 23.7 Å². The molecule has 2 aromatic rings. The Morgan fingerprint density at radius 3 is 2.87 bits per heavy atom. The summed E-state index contributed by atoms with van der Waals surface area (Å²) in [6.45, 7) is 0.954. The van der Waals surface area contributed by atoms with Crippen LogP contribution in [0.15, 0.2) is 41.0 Å². The van der Waals surface area contributed by atoms with Crippen LogP contribution < -0.4 is 0 Å². The van der Waals surface area contributed by atoms with Crippen molar-refractivity contribution in [2.45, 2.75) is 12.1 Å². The van der Waals surface area contributed by atoms with E-state index in [1.54, 1.807) is 17.0 Å². The van der Waals surface area contributed by atoms with Crippen LogP contribution in [0.25, 0.3) is 0 Å². The first kappa shape index (κ1) is 16.0. The van der Waals surface area contributed by atoms with Gasteiger partial charge in [-0.2, -0.15) is 0 Å². The zero-order chi connectivity index (χ0) is 16.4. The van der Waals surface area contributed by atoms with E-state index in [0.29, 0.717) is 18.9 Å². The molecule has 1 fully saturated rings. The van der Waals surface area contributed by atoms with Crippen LogP contribution in [0.1, 0.15) is 23.5 Å². The minimum atomic E-state index is -1.18. The van der Waals surface area contributed by atoms with Crippen LogP contribution in [0.2, 0.25) is 5.02 Å². The van der Waals surface area contributed by atoms with E-state index in [-0.39, 0.29) is 17.1 Å². The highest BCUT2D eigenvalue weighted by molar-refractivity contribution is 6.31. The molecule has 0 spiro atoms. The number of morpholine rings is 1. The number of nitrogens with zero attached hydrogens (tertiary/aromatic N) is 1. The lowest BCUT2D eigenvalue weighted by Gasteiger charge is -2.36. The van der Waals surface area contributed by atoms with Gasteiger partial charge in [0.15, 0.2) is 0 Å². The molecule has 1 aliphatic rings. The van der Waals surface area contributed by atoms with E-state index < -0.39 is 23.9 Å². The van der Waals surface area contributed by atoms with Gasteiger partial charge < -0.3 is 14.3 Å². The fourth-order valence-corrected chi connectivity index (χ4v) is 3.05. The molecular weight excluding hydrogens is 325 g/mol. The molecule has 1 saturated heterocycles. The third kappa shape index (κ3) is 3.24. The Balaban J connectivity index is 1.91. The minimum absolute atomic E-state index is 0.0261. The van der Waals surface area contributed by atoms with Crippen molar-refractivity contribution in [3.05, 3.63) is 58.8 Å². The first-order chi connectivity index (χ1) is 11.1. The number of hydrogen-bond acceptors (Lipinski definition) is 4. The number of carbonyl (C=O) groups is 1. The van der Waals surface area contributed by atoms with Crippen molar-refractivity contribution in [1.29, 1.82) is 0 Å². The van der Waals surface area contributed by atoms with Gasteiger partial charge in [0.2, 0.25) is 0 Å². The van der Waals surface area contributed by atoms with Crippen LogP contribution in [-0.4, -0.2) is 35.7 Å². The third-order valence-corrected chi connectivity index (χ3v) is 4.16. The molecule has 0 saturated carbocycles. The molecule has 2 atom stereocenters. The number of rotatable bonds is 4. The van der Waals surface area contributed by atoms with Gasteiger partial charge in [-0.3, -0.25) is 9.69 Å². The number of furan rings is 1. The number of hydrogen-bond donors (Lipinski definition) is 1. The number of halogens is 2. The Morgan fingerprint density at radius 2 is 2.22 bits per heavy atom. The molecule has 3 rings (SSSR count). The van der Waals surface area contributed by atoms with Crippen molar-refractivity contribution in [3.63, 3.8) is 0 Å². The van der Waals surface area contributed by atoms with Gasteiger partial charge in [0.05, 0.1) is 12.9 Å². The van der Waals surface area contributed by atoms with Gasteiger partial charge in [-0.25, -0.2) is 4.39 Å². The molecule has 23 heavy (non-hydrogen) atoms. The molecule has 1 aliphatic heterocycles. The summed E-state index contributed by atoms with van der Waals surface area (Å²) in [5, 5.41) is 9.71. The maximum Gasteiger partial charge on any atom is 0.325 e. The van der Waals surface area contributed by atoms with E-state index >= 15 is 0 Å². The highest BCUT2D eigenvalue weighted by atomic mass is 35.5. The lowest BCUT2D eigenvalue weighted by molar-refractivity contribution is -0.147. The predicted octanol–water partition coefficient (Wildman–Crippen LogP) is 3.27. The Kier molecular flexibility index (Phi) is 4.66. The maximum atomic E-state index is 14.2. The molecule has 0 amide bonds. The van der Waals surface area contributed by atoms with E-state index in [9.17, 15) is 14.3 Å². The van der Waals surface area contributed by atoms with Crippen LogP contribution in [0.5, 0.6) is 0 Å². The van der Waals surface area contributed by atoms with Crippen LogP contribution in [0.3, 0.4) is 0 Å². The average Bonchev–Trinajstić information content (AvgIpc) is 3.05. The highest BCUT2D eigenvalue weighted by Gasteiger charge is 2.36. The Labute approximate surface area is 137 Å². The smallest absolute Gasteiger partial charge is 0.325 e. The standard InChI is InChI=1S/C16H15ClFNO4/c17-10-3-1-4-11(18)14(10)15(16(20)21)19-6-8-23-13(9-19)12-5-2-7-22-12/h1-5,7,13,15H,6,8-9H2,(H,20,21). The second-order valence-electron chi connectivity index (χ2n) is 5.25. The Morgan fingerprint density at radius 1 is 1.39 bits per heavy atom. The van der Waals surface area contributed by atoms with Gasteiger partial charge >= 0.3 is 5.97 Å². The summed E-state index contributed by atoms with van der Waals surface area (Å²) < 4.78 is 25.1. The monoisotopic (exact) mass is 339 g/mol. The number of aliphatic carboxylic acids is 1. The number of benzene rings is 1. The molecule has 1 aromatic carbocycles. The Hall–Kier alpha value is -1.89. The van der Waals surface area contributed by atoms with Crippen molar-refractivity contribution < 1.29 is 23.4 Å². The fraction of sp³-hybridized carbons (Fsp3) is 0.312. The molecule has 7 heteroatoms. The van der Waals surface area contributed by atoms with Crippen molar-refractivity contribution in [2.75, 3.05) is 19.7 Å².